The molecule has 0 N–H and O–H groups in total. The summed E-state index contributed by atoms with van der Waals surface area (Å²) in [5.74, 6) is 0.133. The van der Waals surface area contributed by atoms with Gasteiger partial charge in [-0.3, -0.25) is 9.78 Å². The second kappa shape index (κ2) is 6.47. The number of nitrogens with zero attached hydrogens (tertiary/aromatic N) is 2. The number of para-hydroxylation sites is 1. The molecule has 3 rings (SSSR count). The van der Waals surface area contributed by atoms with E-state index in [-0.39, 0.29) is 5.91 Å². The Kier molecular flexibility index (Phi) is 4.41. The second-order valence-electron chi connectivity index (χ2n) is 6.39. The molecule has 0 atom stereocenters. The molecule has 1 saturated carbocycles. The maximum Gasteiger partial charge on any atom is 0.254 e. The van der Waals surface area contributed by atoms with Crippen molar-refractivity contribution in [2.75, 3.05) is 7.05 Å². The topological polar surface area (TPSA) is 33.2 Å². The van der Waals surface area contributed by atoms with Crippen molar-refractivity contribution >= 4 is 16.8 Å². The van der Waals surface area contributed by atoms with E-state index in [0.717, 1.165) is 35.0 Å². The van der Waals surface area contributed by atoms with E-state index < -0.39 is 0 Å². The van der Waals surface area contributed by atoms with Gasteiger partial charge < -0.3 is 4.90 Å². The summed E-state index contributed by atoms with van der Waals surface area (Å²) in [6.45, 7) is 1.95. The normalized spacial score (nSPS) is 16.5. The van der Waals surface area contributed by atoms with Crippen LogP contribution in [0, 0.1) is 6.92 Å². The largest absolute Gasteiger partial charge is 0.339 e. The van der Waals surface area contributed by atoms with Gasteiger partial charge in [0.1, 0.15) is 0 Å². The third kappa shape index (κ3) is 2.99. The van der Waals surface area contributed by atoms with Crippen LogP contribution in [0.2, 0.25) is 0 Å². The Morgan fingerprint density at radius 2 is 1.82 bits per heavy atom. The van der Waals surface area contributed by atoms with Crippen LogP contribution < -0.4 is 0 Å². The minimum atomic E-state index is 0.133. The maximum atomic E-state index is 13.0. The third-order valence-corrected chi connectivity index (χ3v) is 4.77. The summed E-state index contributed by atoms with van der Waals surface area (Å²) in [7, 11) is 1.96. The first kappa shape index (κ1) is 15.0. The van der Waals surface area contributed by atoms with Crippen molar-refractivity contribution < 1.29 is 4.79 Å². The monoisotopic (exact) mass is 296 g/mol. The van der Waals surface area contributed by atoms with Gasteiger partial charge in [-0.25, -0.2) is 0 Å². The number of rotatable bonds is 2. The van der Waals surface area contributed by atoms with Gasteiger partial charge in [0.2, 0.25) is 0 Å². The fourth-order valence-corrected chi connectivity index (χ4v) is 3.49. The average molecular weight is 296 g/mol. The quantitative estimate of drug-likeness (QED) is 0.772. The van der Waals surface area contributed by atoms with Crippen molar-refractivity contribution in [1.29, 1.82) is 0 Å². The second-order valence-corrected chi connectivity index (χ2v) is 6.39. The number of fused-ring (bicyclic) bond motifs is 1. The molecular weight excluding hydrogens is 272 g/mol. The molecule has 1 aromatic carbocycles. The highest BCUT2D eigenvalue weighted by Crippen LogP contribution is 2.25. The molecule has 0 unspecified atom stereocenters. The zero-order valence-electron chi connectivity index (χ0n) is 13.5. The number of pyridine rings is 1. The highest BCUT2D eigenvalue weighted by molar-refractivity contribution is 6.06. The molecule has 1 aliphatic rings. The molecule has 0 spiro atoms. The lowest BCUT2D eigenvalue weighted by Crippen LogP contribution is -2.36. The van der Waals surface area contributed by atoms with Crippen molar-refractivity contribution in [1.82, 2.24) is 9.88 Å². The van der Waals surface area contributed by atoms with Gasteiger partial charge in [0, 0.05) is 24.2 Å². The Morgan fingerprint density at radius 3 is 2.55 bits per heavy atom. The van der Waals surface area contributed by atoms with Crippen LogP contribution in [-0.4, -0.2) is 28.9 Å². The first-order chi connectivity index (χ1) is 10.7. The number of hydrogen-bond acceptors (Lipinski definition) is 2. The van der Waals surface area contributed by atoms with E-state index in [2.05, 4.69) is 4.98 Å². The Balaban J connectivity index is 1.94. The van der Waals surface area contributed by atoms with Gasteiger partial charge in [0.15, 0.2) is 0 Å². The molecule has 1 amide bonds. The van der Waals surface area contributed by atoms with Gasteiger partial charge >= 0.3 is 0 Å². The summed E-state index contributed by atoms with van der Waals surface area (Å²) in [5.41, 5.74) is 2.59. The molecule has 3 heteroatoms. The highest BCUT2D eigenvalue weighted by Gasteiger charge is 2.23. The van der Waals surface area contributed by atoms with Gasteiger partial charge in [-0.15, -0.1) is 0 Å². The minimum Gasteiger partial charge on any atom is -0.339 e. The van der Waals surface area contributed by atoms with Crippen LogP contribution in [0.25, 0.3) is 10.9 Å². The smallest absolute Gasteiger partial charge is 0.254 e. The van der Waals surface area contributed by atoms with E-state index in [1.165, 1.54) is 25.7 Å². The minimum absolute atomic E-state index is 0.133. The Bertz CT molecular complexity index is 672. The zero-order valence-corrected chi connectivity index (χ0v) is 13.5. The van der Waals surface area contributed by atoms with Crippen molar-refractivity contribution in [3.05, 3.63) is 41.6 Å². The number of aromatic nitrogens is 1. The van der Waals surface area contributed by atoms with E-state index in [0.29, 0.717) is 6.04 Å². The van der Waals surface area contributed by atoms with Crippen molar-refractivity contribution in [3.63, 3.8) is 0 Å². The Labute approximate surface area is 132 Å². The van der Waals surface area contributed by atoms with Crippen LogP contribution in [0.15, 0.2) is 30.3 Å². The molecule has 22 heavy (non-hydrogen) atoms. The van der Waals surface area contributed by atoms with Gasteiger partial charge in [0.25, 0.3) is 5.91 Å². The number of amides is 1. The molecule has 3 nitrogen and oxygen atoms in total. The average Bonchev–Trinajstić information content (AvgIpc) is 2.82. The van der Waals surface area contributed by atoms with Crippen LogP contribution in [0.4, 0.5) is 0 Å². The number of aryl methyl sites for hydroxylation is 1. The molecule has 1 fully saturated rings. The lowest BCUT2D eigenvalue weighted by Gasteiger charge is -2.27. The summed E-state index contributed by atoms with van der Waals surface area (Å²) in [6, 6.07) is 10.2. The molecule has 1 aliphatic carbocycles. The molecule has 1 heterocycles. The molecule has 1 aromatic heterocycles. The first-order valence-corrected chi connectivity index (χ1v) is 8.30. The lowest BCUT2D eigenvalue weighted by molar-refractivity contribution is 0.0719. The molecule has 0 aliphatic heterocycles. The summed E-state index contributed by atoms with van der Waals surface area (Å²) in [5, 5.41) is 0.957. The molecular formula is C19H24N2O. The highest BCUT2D eigenvalue weighted by atomic mass is 16.2. The van der Waals surface area contributed by atoms with Crippen LogP contribution in [0.5, 0.6) is 0 Å². The molecule has 116 valence electrons. The van der Waals surface area contributed by atoms with Crippen LogP contribution in [0.3, 0.4) is 0 Å². The van der Waals surface area contributed by atoms with Crippen molar-refractivity contribution in [3.8, 4) is 0 Å². The zero-order chi connectivity index (χ0) is 15.5. The van der Waals surface area contributed by atoms with Gasteiger partial charge in [-0.05, 0) is 31.9 Å². The predicted octanol–water partition coefficient (Wildman–Crippen LogP) is 4.34. The van der Waals surface area contributed by atoms with E-state index in [1.807, 2.05) is 49.2 Å². The fourth-order valence-electron chi connectivity index (χ4n) is 3.49. The van der Waals surface area contributed by atoms with Gasteiger partial charge in [-0.1, -0.05) is 43.9 Å². The predicted molar refractivity (Wildman–Crippen MR) is 90.1 cm³/mol. The summed E-state index contributed by atoms with van der Waals surface area (Å²) in [4.78, 5) is 19.5. The van der Waals surface area contributed by atoms with Crippen molar-refractivity contribution in [2.24, 2.45) is 0 Å². The summed E-state index contributed by atoms with van der Waals surface area (Å²) >= 11 is 0. The first-order valence-electron chi connectivity index (χ1n) is 8.30. The molecule has 0 saturated heterocycles. The lowest BCUT2D eigenvalue weighted by atomic mass is 10.0. The van der Waals surface area contributed by atoms with Gasteiger partial charge in [-0.2, -0.15) is 0 Å². The molecule has 0 radical (unpaired) electrons. The maximum absolute atomic E-state index is 13.0. The SMILES string of the molecule is Cc1cc(C(=O)N(C)C2CCCCCC2)c2ccccc2n1. The van der Waals surface area contributed by atoms with Crippen LogP contribution in [-0.2, 0) is 0 Å². The van der Waals surface area contributed by atoms with E-state index in [9.17, 15) is 4.79 Å². The molecule has 2 aromatic rings. The number of hydrogen-bond donors (Lipinski definition) is 0. The number of carbonyl (C=O) groups excluding carboxylic acids is 1. The summed E-state index contributed by atoms with van der Waals surface area (Å²) in [6.07, 6.45) is 7.33. The Hall–Kier alpha value is -1.90. The molecule has 0 bridgehead atoms. The standard InChI is InChI=1S/C19H24N2O/c1-14-13-17(16-11-7-8-12-18(16)20-14)19(22)21(2)15-9-5-3-4-6-10-15/h7-8,11-13,15H,3-6,9-10H2,1-2H3. The number of carbonyl (C=O) groups is 1. The third-order valence-electron chi connectivity index (χ3n) is 4.77. The number of benzene rings is 1. The van der Waals surface area contributed by atoms with E-state index >= 15 is 0 Å². The fraction of sp³-hybridized carbons (Fsp3) is 0.474. The van der Waals surface area contributed by atoms with Crippen molar-refractivity contribution in [2.45, 2.75) is 51.5 Å². The van der Waals surface area contributed by atoms with E-state index in [4.69, 9.17) is 0 Å². The summed E-state index contributed by atoms with van der Waals surface area (Å²) < 4.78 is 0. The van der Waals surface area contributed by atoms with E-state index in [1.54, 1.807) is 0 Å². The van der Waals surface area contributed by atoms with Crippen LogP contribution >= 0.6 is 0 Å². The Morgan fingerprint density at radius 1 is 1.14 bits per heavy atom. The van der Waals surface area contributed by atoms with Crippen LogP contribution in [0.1, 0.15) is 54.6 Å². The van der Waals surface area contributed by atoms with Gasteiger partial charge in [0.05, 0.1) is 11.1 Å².